The number of likely N-dealkylation sites (tertiary alicyclic amines) is 1. The third-order valence-electron chi connectivity index (χ3n) is 2.55. The molecule has 2 atom stereocenters. The quantitative estimate of drug-likeness (QED) is 0.609. The Labute approximate surface area is 81.3 Å². The fraction of sp³-hybridized carbons (Fsp3) is 0.889. The van der Waals surface area contributed by atoms with Crippen molar-refractivity contribution in [1.82, 2.24) is 10.2 Å². The van der Waals surface area contributed by atoms with Gasteiger partial charge in [-0.25, -0.2) is 0 Å². The number of rotatable bonds is 4. The smallest absolute Gasteiger partial charge is 0.146 e. The average molecular weight is 180 g/mol. The molecule has 1 unspecified atom stereocenters. The summed E-state index contributed by atoms with van der Waals surface area (Å²) in [4.78, 5) is 13.4. The summed E-state index contributed by atoms with van der Waals surface area (Å²) in [6, 6.07) is 0.0587. The van der Waals surface area contributed by atoms with Crippen LogP contribution in [0.25, 0.3) is 0 Å². The van der Waals surface area contributed by atoms with Crippen LogP contribution in [-0.2, 0) is 4.79 Å². The summed E-state index contributed by atoms with van der Waals surface area (Å²) in [5.41, 5.74) is 0. The monoisotopic (exact) mass is 180 g/mol. The van der Waals surface area contributed by atoms with Gasteiger partial charge in [0, 0.05) is 13.1 Å². The summed E-state index contributed by atoms with van der Waals surface area (Å²) in [6.45, 7) is 4.33. The molecule has 0 aromatic heterocycles. The fourth-order valence-electron chi connectivity index (χ4n) is 1.86. The Morgan fingerprint density at radius 1 is 1.69 bits per heavy atom. The van der Waals surface area contributed by atoms with E-state index in [2.05, 4.69) is 10.2 Å². The molecule has 0 aromatic carbocycles. The minimum absolute atomic E-state index is 0.0587. The van der Waals surface area contributed by atoms with E-state index in [1.807, 2.05) is 7.05 Å². The molecule has 0 aromatic rings. The number of carbonyl (C=O) groups is 1. The Balaban J connectivity index is 2.45. The Morgan fingerprint density at radius 3 is 2.92 bits per heavy atom. The lowest BCUT2D eigenvalue weighted by Gasteiger charge is -2.21. The van der Waals surface area contributed by atoms with E-state index in [9.17, 15) is 4.79 Å². The number of Topliss-reactive ketones (excluding diaryl/α,β-unsaturated/α-hetero) is 1. The van der Waals surface area contributed by atoms with Crippen molar-refractivity contribution in [3.8, 4) is 0 Å². The molecule has 0 spiro atoms. The lowest BCUT2D eigenvalue weighted by Crippen LogP contribution is -2.38. The van der Waals surface area contributed by atoms with Gasteiger partial charge in [-0.3, -0.25) is 9.69 Å². The number of ketones is 1. The predicted molar refractivity (Wildman–Crippen MR) is 54.1 cm³/mol. The van der Waals surface area contributed by atoms with Gasteiger partial charge in [0.1, 0.15) is 5.78 Å². The summed E-state index contributed by atoms with van der Waals surface area (Å²) in [5, 5.41) is 3.08. The molecular weight excluding hydrogens is 163 g/mol. The molecule has 72 valence electrons. The van der Waals surface area contributed by atoms with Crippen molar-refractivity contribution in [2.75, 3.05) is 26.7 Å². The number of nitrogens with one attached hydrogen (secondary N) is 1. The highest BCUT2D eigenvalue weighted by molar-refractivity contribution is 6.12. The standard InChI is InChI=1S/C9H17BN2O/c1-7(13)9-5-8(10)6-12(9)4-3-11-2/h8-9,11H,3-6H2,1-2H3/t8-,9?/m1/s1. The van der Waals surface area contributed by atoms with Gasteiger partial charge in [-0.05, 0) is 26.9 Å². The Kier molecular flexibility index (Phi) is 3.94. The molecule has 0 amide bonds. The van der Waals surface area contributed by atoms with Gasteiger partial charge in [-0.2, -0.15) is 0 Å². The van der Waals surface area contributed by atoms with E-state index in [1.54, 1.807) is 6.92 Å². The van der Waals surface area contributed by atoms with E-state index in [1.165, 1.54) is 0 Å². The van der Waals surface area contributed by atoms with Crippen LogP contribution in [0.15, 0.2) is 0 Å². The fourth-order valence-corrected chi connectivity index (χ4v) is 1.86. The zero-order chi connectivity index (χ0) is 9.84. The molecule has 1 aliphatic rings. The van der Waals surface area contributed by atoms with Crippen molar-refractivity contribution in [3.05, 3.63) is 0 Å². The third-order valence-corrected chi connectivity index (χ3v) is 2.55. The van der Waals surface area contributed by atoms with Crippen LogP contribution in [-0.4, -0.2) is 51.3 Å². The highest BCUT2D eigenvalue weighted by Gasteiger charge is 2.31. The van der Waals surface area contributed by atoms with E-state index in [0.29, 0.717) is 0 Å². The molecule has 1 rings (SSSR count). The van der Waals surface area contributed by atoms with Crippen LogP contribution in [0.4, 0.5) is 0 Å². The number of nitrogens with zero attached hydrogens (tertiary/aromatic N) is 1. The highest BCUT2D eigenvalue weighted by Crippen LogP contribution is 2.24. The zero-order valence-corrected chi connectivity index (χ0v) is 8.42. The van der Waals surface area contributed by atoms with Gasteiger partial charge < -0.3 is 5.32 Å². The van der Waals surface area contributed by atoms with Crippen molar-refractivity contribution < 1.29 is 4.79 Å². The summed E-state index contributed by atoms with van der Waals surface area (Å²) in [5.74, 6) is 0.412. The van der Waals surface area contributed by atoms with Crippen LogP contribution < -0.4 is 5.32 Å². The van der Waals surface area contributed by atoms with Crippen LogP contribution in [0, 0.1) is 0 Å². The number of likely N-dealkylation sites (N-methyl/N-ethyl adjacent to an activating group) is 1. The van der Waals surface area contributed by atoms with Gasteiger partial charge in [-0.1, -0.05) is 5.82 Å². The van der Waals surface area contributed by atoms with E-state index >= 15 is 0 Å². The largest absolute Gasteiger partial charge is 0.318 e. The van der Waals surface area contributed by atoms with Gasteiger partial charge in [0.05, 0.1) is 13.9 Å². The maximum atomic E-state index is 11.2. The molecule has 0 aliphatic carbocycles. The molecule has 2 radical (unpaired) electrons. The maximum Gasteiger partial charge on any atom is 0.146 e. The second-order valence-electron chi connectivity index (χ2n) is 3.72. The van der Waals surface area contributed by atoms with E-state index in [0.717, 1.165) is 26.1 Å². The SMILES string of the molecule is [B][C@@H]1CC(C(C)=O)N(CCNC)C1. The molecule has 1 N–H and O–H groups in total. The second kappa shape index (κ2) is 4.77. The van der Waals surface area contributed by atoms with Gasteiger partial charge in [-0.15, -0.1) is 0 Å². The number of hydrogen-bond donors (Lipinski definition) is 1. The van der Waals surface area contributed by atoms with Gasteiger partial charge in [0.2, 0.25) is 0 Å². The van der Waals surface area contributed by atoms with Crippen LogP contribution in [0.2, 0.25) is 5.82 Å². The van der Waals surface area contributed by atoms with Crippen molar-refractivity contribution in [1.29, 1.82) is 0 Å². The molecule has 1 fully saturated rings. The highest BCUT2D eigenvalue weighted by atomic mass is 16.1. The third kappa shape index (κ3) is 2.81. The topological polar surface area (TPSA) is 32.3 Å². The van der Waals surface area contributed by atoms with Crippen LogP contribution in [0.1, 0.15) is 13.3 Å². The van der Waals surface area contributed by atoms with Crippen molar-refractivity contribution in [3.63, 3.8) is 0 Å². The summed E-state index contributed by atoms with van der Waals surface area (Å²) in [6.07, 6.45) is 0.818. The van der Waals surface area contributed by atoms with Crippen molar-refractivity contribution in [2.45, 2.75) is 25.2 Å². The minimum Gasteiger partial charge on any atom is -0.318 e. The summed E-state index contributed by atoms with van der Waals surface area (Å²) < 4.78 is 0. The van der Waals surface area contributed by atoms with Gasteiger partial charge in [0.25, 0.3) is 0 Å². The molecular formula is C9H17BN2O. The lowest BCUT2D eigenvalue weighted by atomic mass is 9.85. The Bertz CT molecular complexity index is 186. The summed E-state index contributed by atoms with van der Waals surface area (Å²) >= 11 is 0. The van der Waals surface area contributed by atoms with E-state index in [-0.39, 0.29) is 17.6 Å². The first kappa shape index (κ1) is 10.7. The first-order chi connectivity index (χ1) is 6.15. The Hall–Kier alpha value is -0.345. The normalized spacial score (nSPS) is 29.4. The number of hydrogen-bond acceptors (Lipinski definition) is 3. The van der Waals surface area contributed by atoms with E-state index in [4.69, 9.17) is 7.85 Å². The maximum absolute atomic E-state index is 11.2. The molecule has 0 saturated carbocycles. The first-order valence-electron chi connectivity index (χ1n) is 4.80. The molecule has 1 heterocycles. The first-order valence-corrected chi connectivity index (χ1v) is 4.80. The van der Waals surface area contributed by atoms with Gasteiger partial charge >= 0.3 is 0 Å². The second-order valence-corrected chi connectivity index (χ2v) is 3.72. The van der Waals surface area contributed by atoms with Crippen LogP contribution in [0.5, 0.6) is 0 Å². The molecule has 0 bridgehead atoms. The zero-order valence-electron chi connectivity index (χ0n) is 8.42. The molecule has 3 nitrogen and oxygen atoms in total. The molecule has 13 heavy (non-hydrogen) atoms. The molecule has 1 aliphatic heterocycles. The molecule has 4 heteroatoms. The van der Waals surface area contributed by atoms with Gasteiger partial charge in [0.15, 0.2) is 0 Å². The molecule has 1 saturated heterocycles. The average Bonchev–Trinajstić information content (AvgIpc) is 2.43. The predicted octanol–water partition coefficient (Wildman–Crippen LogP) is -0.174. The van der Waals surface area contributed by atoms with Crippen LogP contribution >= 0.6 is 0 Å². The lowest BCUT2D eigenvalue weighted by molar-refractivity contribution is -0.121. The minimum atomic E-state index is 0.0587. The van der Waals surface area contributed by atoms with Crippen molar-refractivity contribution in [2.24, 2.45) is 0 Å². The van der Waals surface area contributed by atoms with Crippen molar-refractivity contribution >= 4 is 13.6 Å². The summed E-state index contributed by atoms with van der Waals surface area (Å²) in [7, 11) is 7.73. The van der Waals surface area contributed by atoms with Crippen LogP contribution in [0.3, 0.4) is 0 Å². The van der Waals surface area contributed by atoms with E-state index < -0.39 is 0 Å². The number of carbonyl (C=O) groups excluding carboxylic acids is 1. The Morgan fingerprint density at radius 2 is 2.38 bits per heavy atom.